The van der Waals surface area contributed by atoms with Gasteiger partial charge in [0, 0.05) is 39.8 Å². The van der Waals surface area contributed by atoms with Gasteiger partial charge in [-0.25, -0.2) is 0 Å². The third kappa shape index (κ3) is 3.23. The highest BCUT2D eigenvalue weighted by atomic mass is 14.8. The van der Waals surface area contributed by atoms with Crippen LogP contribution < -0.4 is 0 Å². The lowest BCUT2D eigenvalue weighted by atomic mass is 10.2. The van der Waals surface area contributed by atoms with Gasteiger partial charge in [0.1, 0.15) is 0 Å². The van der Waals surface area contributed by atoms with Crippen molar-refractivity contribution in [1.29, 1.82) is 0 Å². The van der Waals surface area contributed by atoms with Gasteiger partial charge in [0.2, 0.25) is 0 Å². The summed E-state index contributed by atoms with van der Waals surface area (Å²) in [4.78, 5) is 15.7. The highest BCUT2D eigenvalue weighted by molar-refractivity contribution is 5.99. The van der Waals surface area contributed by atoms with Crippen LogP contribution in [0.2, 0.25) is 0 Å². The molecule has 2 aromatic heterocycles. The molecule has 2 heterocycles. The first kappa shape index (κ1) is 16.3. The Morgan fingerprint density at radius 1 is 0.679 bits per heavy atom. The summed E-state index contributed by atoms with van der Waals surface area (Å²) in [5.74, 6) is 0. The van der Waals surface area contributed by atoms with Crippen molar-refractivity contribution >= 4 is 45.6 Å². The summed E-state index contributed by atoms with van der Waals surface area (Å²) in [5.41, 5.74) is 6.09. The van der Waals surface area contributed by atoms with E-state index in [1.54, 1.807) is 0 Å². The van der Waals surface area contributed by atoms with E-state index in [0.717, 1.165) is 33.7 Å². The van der Waals surface area contributed by atoms with E-state index in [-0.39, 0.29) is 0 Å². The molecule has 0 radical (unpaired) electrons. The van der Waals surface area contributed by atoms with Gasteiger partial charge >= 0.3 is 0 Å². The molecular weight excluding hydrogens is 344 g/mol. The smallest absolute Gasteiger partial charge is 0.0632 e. The molecule has 5 rings (SSSR count). The highest BCUT2D eigenvalue weighted by Crippen LogP contribution is 2.21. The second kappa shape index (κ2) is 7.00. The molecule has 0 spiro atoms. The van der Waals surface area contributed by atoms with Crippen molar-refractivity contribution in [3.63, 3.8) is 0 Å². The van der Waals surface area contributed by atoms with E-state index in [2.05, 4.69) is 50.3 Å². The van der Waals surface area contributed by atoms with Crippen molar-refractivity contribution in [1.82, 2.24) is 9.97 Å². The molecule has 0 unspecified atom stereocenters. The number of aliphatic imine (C=N–C) groups is 2. The first-order chi connectivity index (χ1) is 13.8. The molecule has 0 saturated carbocycles. The summed E-state index contributed by atoms with van der Waals surface area (Å²) in [6.07, 6.45) is 5.72. The Kier molecular flexibility index (Phi) is 4.07. The minimum absolute atomic E-state index is 0.893. The minimum Gasteiger partial charge on any atom is -0.361 e. The maximum Gasteiger partial charge on any atom is 0.0632 e. The van der Waals surface area contributed by atoms with E-state index in [1.165, 1.54) is 10.8 Å². The van der Waals surface area contributed by atoms with E-state index in [9.17, 15) is 0 Å². The second-order valence-electron chi connectivity index (χ2n) is 6.63. The number of rotatable bonds is 4. The SMILES string of the molecule is C(=Nc1ccc(N=Cc2c[nH]c3ccccc23)cc1)c1cc2ccccc2[nH]1. The van der Waals surface area contributed by atoms with Crippen molar-refractivity contribution < 1.29 is 0 Å². The van der Waals surface area contributed by atoms with Gasteiger partial charge < -0.3 is 9.97 Å². The fraction of sp³-hybridized carbons (Fsp3) is 0. The average Bonchev–Trinajstić information content (AvgIpc) is 3.35. The van der Waals surface area contributed by atoms with E-state index < -0.39 is 0 Å². The van der Waals surface area contributed by atoms with Crippen LogP contribution in [0.5, 0.6) is 0 Å². The number of nitrogens with one attached hydrogen (secondary N) is 2. The van der Waals surface area contributed by atoms with Gasteiger partial charge in [-0.2, -0.15) is 0 Å². The molecule has 0 fully saturated rings. The number of benzene rings is 3. The zero-order valence-corrected chi connectivity index (χ0v) is 15.1. The molecule has 0 atom stereocenters. The molecule has 0 aliphatic heterocycles. The van der Waals surface area contributed by atoms with Gasteiger partial charge in [-0.05, 0) is 42.5 Å². The number of hydrogen-bond donors (Lipinski definition) is 2. The topological polar surface area (TPSA) is 56.3 Å². The normalized spacial score (nSPS) is 12.0. The summed E-state index contributed by atoms with van der Waals surface area (Å²) in [6, 6.07) is 26.4. The Hall–Kier alpha value is -3.92. The van der Waals surface area contributed by atoms with E-state index >= 15 is 0 Å². The fourth-order valence-corrected chi connectivity index (χ4v) is 3.28. The Bertz CT molecular complexity index is 1270. The summed E-state index contributed by atoms with van der Waals surface area (Å²) >= 11 is 0. The van der Waals surface area contributed by atoms with Crippen molar-refractivity contribution in [2.75, 3.05) is 0 Å². The lowest BCUT2D eigenvalue weighted by Gasteiger charge is -1.96. The van der Waals surface area contributed by atoms with Crippen LogP contribution in [-0.2, 0) is 0 Å². The van der Waals surface area contributed by atoms with Crippen LogP contribution in [0.3, 0.4) is 0 Å². The molecule has 0 aliphatic rings. The summed E-state index contributed by atoms with van der Waals surface area (Å²) < 4.78 is 0. The van der Waals surface area contributed by atoms with Gasteiger partial charge in [0.25, 0.3) is 0 Å². The average molecular weight is 362 g/mol. The quantitative estimate of drug-likeness (QED) is 0.360. The van der Waals surface area contributed by atoms with Gasteiger partial charge in [-0.3, -0.25) is 9.98 Å². The second-order valence-corrected chi connectivity index (χ2v) is 6.63. The largest absolute Gasteiger partial charge is 0.361 e. The molecule has 4 heteroatoms. The van der Waals surface area contributed by atoms with Crippen molar-refractivity contribution in [3.05, 3.63) is 96.3 Å². The minimum atomic E-state index is 0.893. The van der Waals surface area contributed by atoms with Crippen LogP contribution in [0.4, 0.5) is 11.4 Å². The number of hydrogen-bond acceptors (Lipinski definition) is 2. The molecule has 4 nitrogen and oxygen atoms in total. The molecule has 3 aromatic carbocycles. The standard InChI is InChI=1S/C24H18N4/c1-3-7-23-17(5-1)13-21(28-23)16-26-20-11-9-19(10-12-20)25-14-18-15-27-24-8-4-2-6-22(18)24/h1-16,27-28H. The third-order valence-electron chi connectivity index (χ3n) is 4.73. The van der Waals surface area contributed by atoms with Crippen molar-refractivity contribution in [2.24, 2.45) is 9.98 Å². The number of H-pyrrole nitrogens is 2. The molecule has 0 saturated heterocycles. The highest BCUT2D eigenvalue weighted by Gasteiger charge is 2.00. The van der Waals surface area contributed by atoms with E-state index in [0.29, 0.717) is 0 Å². The van der Waals surface area contributed by atoms with Gasteiger partial charge in [-0.1, -0.05) is 36.4 Å². The lowest BCUT2D eigenvalue weighted by Crippen LogP contribution is -1.79. The Labute approximate surface area is 162 Å². The first-order valence-electron chi connectivity index (χ1n) is 9.17. The molecule has 0 amide bonds. The molecule has 28 heavy (non-hydrogen) atoms. The van der Waals surface area contributed by atoms with Crippen LogP contribution >= 0.6 is 0 Å². The number of para-hydroxylation sites is 2. The summed E-state index contributed by atoms with van der Waals surface area (Å²) in [7, 11) is 0. The van der Waals surface area contributed by atoms with Crippen molar-refractivity contribution in [3.8, 4) is 0 Å². The van der Waals surface area contributed by atoms with Gasteiger partial charge in [-0.15, -0.1) is 0 Å². The molecule has 5 aromatic rings. The number of nitrogens with zero attached hydrogens (tertiary/aromatic N) is 2. The molecular formula is C24H18N4. The Morgan fingerprint density at radius 3 is 2.14 bits per heavy atom. The van der Waals surface area contributed by atoms with Gasteiger partial charge in [0.05, 0.1) is 23.3 Å². The van der Waals surface area contributed by atoms with Crippen LogP contribution in [0.15, 0.2) is 95.0 Å². The van der Waals surface area contributed by atoms with Crippen LogP contribution in [-0.4, -0.2) is 22.4 Å². The van der Waals surface area contributed by atoms with E-state index in [1.807, 2.05) is 67.2 Å². The predicted octanol–water partition coefficient (Wildman–Crippen LogP) is 6.15. The van der Waals surface area contributed by atoms with Crippen molar-refractivity contribution in [2.45, 2.75) is 0 Å². The van der Waals surface area contributed by atoms with Crippen LogP contribution in [0.25, 0.3) is 21.8 Å². The van der Waals surface area contributed by atoms with E-state index in [4.69, 9.17) is 0 Å². The number of aromatic nitrogens is 2. The Balaban J connectivity index is 1.32. The van der Waals surface area contributed by atoms with Crippen LogP contribution in [0, 0.1) is 0 Å². The monoisotopic (exact) mass is 362 g/mol. The maximum atomic E-state index is 4.58. The molecule has 134 valence electrons. The zero-order valence-electron chi connectivity index (χ0n) is 15.1. The summed E-state index contributed by atoms with van der Waals surface area (Å²) in [5, 5.41) is 2.36. The maximum absolute atomic E-state index is 4.58. The Morgan fingerprint density at radius 2 is 1.36 bits per heavy atom. The molecule has 2 N–H and O–H groups in total. The number of aromatic amines is 2. The summed E-state index contributed by atoms with van der Waals surface area (Å²) in [6.45, 7) is 0. The van der Waals surface area contributed by atoms with Crippen LogP contribution in [0.1, 0.15) is 11.3 Å². The molecule has 0 aliphatic carbocycles. The predicted molar refractivity (Wildman–Crippen MR) is 118 cm³/mol. The third-order valence-corrected chi connectivity index (χ3v) is 4.73. The lowest BCUT2D eigenvalue weighted by molar-refractivity contribution is 1.42. The van der Waals surface area contributed by atoms with Gasteiger partial charge in [0.15, 0.2) is 0 Å². The zero-order chi connectivity index (χ0) is 18.8. The fourth-order valence-electron chi connectivity index (χ4n) is 3.28. The first-order valence-corrected chi connectivity index (χ1v) is 9.17. The number of fused-ring (bicyclic) bond motifs is 2. The molecule has 0 bridgehead atoms.